The Labute approximate surface area is 89.6 Å². The summed E-state index contributed by atoms with van der Waals surface area (Å²) in [5, 5.41) is 4.10. The maximum Gasteiger partial charge on any atom is 0.379 e. The highest BCUT2D eigenvalue weighted by atomic mass is 35.5. The molecule has 0 saturated carbocycles. The van der Waals surface area contributed by atoms with E-state index >= 15 is 0 Å². The van der Waals surface area contributed by atoms with Crippen LogP contribution in [0.15, 0.2) is 18.3 Å². The highest BCUT2D eigenvalue weighted by molar-refractivity contribution is 6.32. The van der Waals surface area contributed by atoms with Crippen molar-refractivity contribution in [1.82, 2.24) is 14.6 Å². The average Bonchev–Trinajstić information content (AvgIpc) is 2.66. The number of nitrogens with two attached hydrogens (primary N) is 1. The molecule has 2 heterocycles. The molecule has 0 spiro atoms. The number of esters is 1. The monoisotopic (exact) mass is 226 g/mol. The second kappa shape index (κ2) is 3.84. The molecule has 2 aromatic rings. The first-order chi connectivity index (χ1) is 7.22. The van der Waals surface area contributed by atoms with Gasteiger partial charge in [0.15, 0.2) is 5.15 Å². The minimum Gasteiger partial charge on any atom is -0.444 e. The molecule has 0 unspecified atom stereocenters. The van der Waals surface area contributed by atoms with Crippen LogP contribution in [0.4, 0.5) is 0 Å². The van der Waals surface area contributed by atoms with E-state index in [1.54, 1.807) is 18.3 Å². The molecule has 78 valence electrons. The highest BCUT2D eigenvalue weighted by Crippen LogP contribution is 2.14. The van der Waals surface area contributed by atoms with Crippen LogP contribution in [-0.2, 0) is 4.74 Å². The van der Waals surface area contributed by atoms with Crippen molar-refractivity contribution in [3.8, 4) is 0 Å². The Hall–Kier alpha value is -1.66. The predicted octanol–water partition coefficient (Wildman–Crippen LogP) is 0.456. The van der Waals surface area contributed by atoms with Crippen LogP contribution in [0.1, 0.15) is 10.6 Å². The van der Waals surface area contributed by atoms with Crippen LogP contribution in [0.5, 0.6) is 0 Å². The number of carbonyl (C=O) groups is 1. The predicted molar refractivity (Wildman–Crippen MR) is 52.5 cm³/mol. The average molecular weight is 227 g/mol. The van der Waals surface area contributed by atoms with E-state index in [1.807, 2.05) is 0 Å². The van der Waals surface area contributed by atoms with Crippen molar-refractivity contribution in [2.24, 2.45) is 5.73 Å². The van der Waals surface area contributed by atoms with E-state index in [2.05, 4.69) is 14.8 Å². The number of ether oxygens (including phenoxy) is 1. The number of nitrogens with zero attached hydrogens (tertiary/aromatic N) is 3. The number of aromatic nitrogens is 3. The van der Waals surface area contributed by atoms with E-state index in [-0.39, 0.29) is 17.7 Å². The summed E-state index contributed by atoms with van der Waals surface area (Å²) in [4.78, 5) is 15.1. The standard InChI is InChI=1S/C8H7ClN4O2/c9-6-5-2-1-3-13(5)12-7(11-6)8(14)15-4-10/h1-3H,4,10H2. The summed E-state index contributed by atoms with van der Waals surface area (Å²) in [6, 6.07) is 3.48. The lowest BCUT2D eigenvalue weighted by Crippen LogP contribution is -2.16. The third-order valence-electron chi connectivity index (χ3n) is 1.74. The lowest BCUT2D eigenvalue weighted by Gasteiger charge is -2.01. The molecular weight excluding hydrogens is 220 g/mol. The number of rotatable bonds is 2. The maximum absolute atomic E-state index is 11.3. The van der Waals surface area contributed by atoms with E-state index in [9.17, 15) is 4.79 Å². The summed E-state index contributed by atoms with van der Waals surface area (Å²) in [7, 11) is 0. The van der Waals surface area contributed by atoms with E-state index in [4.69, 9.17) is 17.3 Å². The van der Waals surface area contributed by atoms with E-state index in [1.165, 1.54) is 4.52 Å². The Kier molecular flexibility index (Phi) is 2.53. The minimum absolute atomic E-state index is 0.117. The van der Waals surface area contributed by atoms with Gasteiger partial charge in [0.2, 0.25) is 0 Å². The molecule has 0 aliphatic heterocycles. The second-order valence-corrected chi connectivity index (χ2v) is 3.02. The van der Waals surface area contributed by atoms with Gasteiger partial charge in [-0.25, -0.2) is 14.3 Å². The minimum atomic E-state index is -0.699. The molecule has 2 rings (SSSR count). The Morgan fingerprint density at radius 1 is 1.67 bits per heavy atom. The smallest absolute Gasteiger partial charge is 0.379 e. The van der Waals surface area contributed by atoms with Crippen molar-refractivity contribution in [1.29, 1.82) is 0 Å². The zero-order valence-corrected chi connectivity index (χ0v) is 8.31. The zero-order valence-electron chi connectivity index (χ0n) is 7.55. The third kappa shape index (κ3) is 1.77. The summed E-state index contributed by atoms with van der Waals surface area (Å²) < 4.78 is 6.00. The number of carbonyl (C=O) groups excluding carboxylic acids is 1. The molecule has 7 heteroatoms. The van der Waals surface area contributed by atoms with Gasteiger partial charge in [-0.05, 0) is 12.1 Å². The highest BCUT2D eigenvalue weighted by Gasteiger charge is 2.13. The molecule has 0 aliphatic rings. The van der Waals surface area contributed by atoms with Crippen molar-refractivity contribution >= 4 is 23.1 Å². The van der Waals surface area contributed by atoms with Gasteiger partial charge in [0.05, 0.1) is 0 Å². The van der Waals surface area contributed by atoms with Gasteiger partial charge in [0, 0.05) is 6.20 Å². The molecular formula is C8H7ClN4O2. The van der Waals surface area contributed by atoms with E-state index in [0.29, 0.717) is 5.52 Å². The summed E-state index contributed by atoms with van der Waals surface area (Å²) >= 11 is 5.84. The van der Waals surface area contributed by atoms with Gasteiger partial charge in [-0.15, -0.1) is 5.10 Å². The quantitative estimate of drug-likeness (QED) is 0.594. The van der Waals surface area contributed by atoms with Crippen LogP contribution < -0.4 is 5.73 Å². The summed E-state index contributed by atoms with van der Waals surface area (Å²) in [6.07, 6.45) is 1.65. The Bertz CT molecular complexity index is 510. The van der Waals surface area contributed by atoms with Crippen LogP contribution in [0.2, 0.25) is 5.15 Å². The molecule has 2 aromatic heterocycles. The molecule has 6 nitrogen and oxygen atoms in total. The molecule has 0 aromatic carbocycles. The molecule has 2 N–H and O–H groups in total. The molecule has 0 amide bonds. The Morgan fingerprint density at radius 2 is 2.47 bits per heavy atom. The van der Waals surface area contributed by atoms with Crippen LogP contribution in [0.3, 0.4) is 0 Å². The van der Waals surface area contributed by atoms with Crippen LogP contribution in [-0.4, -0.2) is 27.3 Å². The fraction of sp³-hybridized carbons (Fsp3) is 0.125. The van der Waals surface area contributed by atoms with Crippen LogP contribution in [0.25, 0.3) is 5.52 Å². The maximum atomic E-state index is 11.3. The van der Waals surface area contributed by atoms with Gasteiger partial charge in [-0.3, -0.25) is 5.73 Å². The molecule has 0 bridgehead atoms. The van der Waals surface area contributed by atoms with Crippen molar-refractivity contribution in [2.75, 3.05) is 6.73 Å². The first-order valence-corrected chi connectivity index (χ1v) is 4.48. The summed E-state index contributed by atoms with van der Waals surface area (Å²) in [5.74, 6) is -0.816. The van der Waals surface area contributed by atoms with Gasteiger partial charge in [-0.2, -0.15) is 0 Å². The molecule has 0 aliphatic carbocycles. The fourth-order valence-electron chi connectivity index (χ4n) is 1.12. The Morgan fingerprint density at radius 3 is 3.20 bits per heavy atom. The third-order valence-corrected chi connectivity index (χ3v) is 2.02. The SMILES string of the molecule is NCOC(=O)c1nc(Cl)c2cccn2n1. The van der Waals surface area contributed by atoms with E-state index < -0.39 is 5.97 Å². The van der Waals surface area contributed by atoms with Gasteiger partial charge in [0.25, 0.3) is 5.82 Å². The summed E-state index contributed by atoms with van der Waals surface area (Å²) in [5.41, 5.74) is 5.68. The molecule has 0 radical (unpaired) electrons. The molecule has 15 heavy (non-hydrogen) atoms. The van der Waals surface area contributed by atoms with Crippen molar-refractivity contribution < 1.29 is 9.53 Å². The van der Waals surface area contributed by atoms with E-state index in [0.717, 1.165) is 0 Å². The van der Waals surface area contributed by atoms with Crippen LogP contribution in [0, 0.1) is 0 Å². The topological polar surface area (TPSA) is 82.5 Å². The first-order valence-electron chi connectivity index (χ1n) is 4.10. The zero-order chi connectivity index (χ0) is 10.8. The largest absolute Gasteiger partial charge is 0.444 e. The van der Waals surface area contributed by atoms with Gasteiger partial charge < -0.3 is 4.74 Å². The lowest BCUT2D eigenvalue weighted by molar-refractivity contribution is 0.0499. The molecule has 0 fully saturated rings. The molecule has 0 atom stereocenters. The van der Waals surface area contributed by atoms with Crippen LogP contribution >= 0.6 is 11.6 Å². The molecule has 0 saturated heterocycles. The Balaban J connectivity index is 2.49. The lowest BCUT2D eigenvalue weighted by atomic mass is 10.5. The second-order valence-electron chi connectivity index (χ2n) is 2.66. The number of hydrogen-bond donors (Lipinski definition) is 1. The normalized spacial score (nSPS) is 10.5. The number of hydrogen-bond acceptors (Lipinski definition) is 5. The van der Waals surface area contributed by atoms with Crippen molar-refractivity contribution in [2.45, 2.75) is 0 Å². The van der Waals surface area contributed by atoms with Crippen molar-refractivity contribution in [3.63, 3.8) is 0 Å². The summed E-state index contributed by atoms with van der Waals surface area (Å²) in [6.45, 7) is -0.219. The van der Waals surface area contributed by atoms with Gasteiger partial charge >= 0.3 is 5.97 Å². The number of fused-ring (bicyclic) bond motifs is 1. The first kappa shape index (κ1) is 9.88. The van der Waals surface area contributed by atoms with Crippen molar-refractivity contribution in [3.05, 3.63) is 29.3 Å². The van der Waals surface area contributed by atoms with Gasteiger partial charge in [-0.1, -0.05) is 11.6 Å². The number of halogens is 1. The fourth-order valence-corrected chi connectivity index (χ4v) is 1.35. The van der Waals surface area contributed by atoms with Gasteiger partial charge in [0.1, 0.15) is 12.2 Å².